The van der Waals surface area contributed by atoms with Gasteiger partial charge >= 0.3 is 0 Å². The Balaban J connectivity index is 1.67. The summed E-state index contributed by atoms with van der Waals surface area (Å²) in [6.07, 6.45) is 3.12. The van der Waals surface area contributed by atoms with Crippen LogP contribution in [-0.2, 0) is 11.2 Å². The number of pyridine rings is 1. The fourth-order valence-corrected chi connectivity index (χ4v) is 2.54. The minimum atomic E-state index is -0.269. The third-order valence-corrected chi connectivity index (χ3v) is 4.02. The summed E-state index contributed by atoms with van der Waals surface area (Å²) >= 11 is 12.0. The van der Waals surface area contributed by atoms with Gasteiger partial charge in [-0.15, -0.1) is 5.10 Å². The molecule has 3 aromatic rings. The molecule has 1 aromatic carbocycles. The molecule has 9 heteroatoms. The Morgan fingerprint density at radius 2 is 2.12 bits per heavy atom. The van der Waals surface area contributed by atoms with Crippen molar-refractivity contribution in [1.82, 2.24) is 25.4 Å². The average molecular weight is 377 g/mol. The summed E-state index contributed by atoms with van der Waals surface area (Å²) in [6, 6.07) is 8.91. The van der Waals surface area contributed by atoms with Crippen molar-refractivity contribution in [3.63, 3.8) is 0 Å². The zero-order valence-corrected chi connectivity index (χ0v) is 14.7. The van der Waals surface area contributed by atoms with E-state index in [1.807, 2.05) is 19.1 Å². The number of rotatable bonds is 5. The third-order valence-electron chi connectivity index (χ3n) is 3.48. The second kappa shape index (κ2) is 7.50. The number of aromatic nitrogens is 4. The van der Waals surface area contributed by atoms with Gasteiger partial charge in [-0.2, -0.15) is 0 Å². The smallest absolute Gasteiger partial charge is 0.244 e. The number of carbonyl (C=O) groups is 1. The van der Waals surface area contributed by atoms with Crippen molar-refractivity contribution >= 4 is 34.8 Å². The summed E-state index contributed by atoms with van der Waals surface area (Å²) in [6.45, 7) is 1.84. The summed E-state index contributed by atoms with van der Waals surface area (Å²) in [4.78, 5) is 16.0. The molecule has 0 unspecified atom stereocenters. The van der Waals surface area contributed by atoms with Crippen LogP contribution in [0.2, 0.25) is 10.0 Å². The van der Waals surface area contributed by atoms with E-state index in [0.717, 1.165) is 11.4 Å². The van der Waals surface area contributed by atoms with Crippen LogP contribution >= 0.6 is 23.2 Å². The highest BCUT2D eigenvalue weighted by atomic mass is 35.5. The topological polar surface area (TPSA) is 84.7 Å². The van der Waals surface area contributed by atoms with Gasteiger partial charge in [0.05, 0.1) is 34.2 Å². The molecular formula is C16H14Cl2N6O. The monoisotopic (exact) mass is 376 g/mol. The van der Waals surface area contributed by atoms with E-state index in [1.165, 1.54) is 6.20 Å². The fourth-order valence-electron chi connectivity index (χ4n) is 2.19. The third kappa shape index (κ3) is 4.07. The second-order valence-corrected chi connectivity index (χ2v) is 6.06. The molecule has 2 heterocycles. The molecule has 3 rings (SSSR count). The molecule has 1 amide bonds. The average Bonchev–Trinajstić information content (AvgIpc) is 2.95. The van der Waals surface area contributed by atoms with Crippen LogP contribution in [0.4, 0.5) is 5.69 Å². The van der Waals surface area contributed by atoms with Crippen molar-refractivity contribution in [2.75, 3.05) is 5.43 Å². The van der Waals surface area contributed by atoms with Gasteiger partial charge in [-0.25, -0.2) is 4.68 Å². The minimum absolute atomic E-state index is 0.0715. The Morgan fingerprint density at radius 1 is 1.28 bits per heavy atom. The van der Waals surface area contributed by atoms with Gasteiger partial charge < -0.3 is 0 Å². The molecule has 0 fully saturated rings. The summed E-state index contributed by atoms with van der Waals surface area (Å²) < 4.78 is 1.64. The number of halogens is 2. The molecule has 0 aliphatic carbocycles. The summed E-state index contributed by atoms with van der Waals surface area (Å²) in [5, 5.41) is 9.18. The van der Waals surface area contributed by atoms with Gasteiger partial charge in [0, 0.05) is 17.4 Å². The molecule has 2 aromatic heterocycles. The highest BCUT2D eigenvalue weighted by molar-refractivity contribution is 6.33. The van der Waals surface area contributed by atoms with E-state index in [4.69, 9.17) is 23.2 Å². The largest absolute Gasteiger partial charge is 0.297 e. The molecule has 0 aliphatic heterocycles. The van der Waals surface area contributed by atoms with Crippen LogP contribution in [0.5, 0.6) is 0 Å². The van der Waals surface area contributed by atoms with Crippen LogP contribution in [0.1, 0.15) is 11.4 Å². The number of benzene rings is 1. The first kappa shape index (κ1) is 17.2. The number of nitrogens with one attached hydrogen (secondary N) is 2. The van der Waals surface area contributed by atoms with E-state index in [0.29, 0.717) is 21.4 Å². The molecule has 0 bridgehead atoms. The first-order chi connectivity index (χ1) is 12.0. The maximum atomic E-state index is 12.1. The maximum absolute atomic E-state index is 12.1. The van der Waals surface area contributed by atoms with E-state index < -0.39 is 0 Å². The van der Waals surface area contributed by atoms with E-state index in [9.17, 15) is 4.79 Å². The molecule has 0 atom stereocenters. The standard InChI is InChI=1S/C16H14Cl2N6O/c1-10-15(21-23-24(10)12-4-2-3-11(17)7-12)8-16(25)22-20-14-5-6-19-9-13(14)18/h2-7,9H,8H2,1H3,(H,19,20)(H,22,25). The number of carbonyl (C=O) groups excluding carboxylic acids is 1. The van der Waals surface area contributed by atoms with Crippen molar-refractivity contribution in [2.24, 2.45) is 0 Å². The van der Waals surface area contributed by atoms with E-state index in [-0.39, 0.29) is 12.3 Å². The number of anilines is 1. The predicted molar refractivity (Wildman–Crippen MR) is 95.8 cm³/mol. The molecule has 128 valence electrons. The molecule has 2 N–H and O–H groups in total. The van der Waals surface area contributed by atoms with Crippen LogP contribution in [0.3, 0.4) is 0 Å². The quantitative estimate of drug-likeness (QED) is 0.668. The Labute approximate surface area is 153 Å². The Hall–Kier alpha value is -2.64. The van der Waals surface area contributed by atoms with Gasteiger partial charge in [-0.05, 0) is 31.2 Å². The fraction of sp³-hybridized carbons (Fsp3) is 0.125. The van der Waals surface area contributed by atoms with Crippen molar-refractivity contribution in [3.8, 4) is 5.69 Å². The Morgan fingerprint density at radius 3 is 2.88 bits per heavy atom. The first-order valence-corrected chi connectivity index (χ1v) is 8.11. The molecule has 0 radical (unpaired) electrons. The summed E-state index contributed by atoms with van der Waals surface area (Å²) in [5.74, 6) is -0.269. The zero-order chi connectivity index (χ0) is 17.8. The molecule has 0 saturated carbocycles. The second-order valence-electron chi connectivity index (χ2n) is 5.22. The number of hydrazine groups is 1. The number of hydrogen-bond donors (Lipinski definition) is 2. The molecule has 0 aliphatic rings. The lowest BCUT2D eigenvalue weighted by Crippen LogP contribution is -2.31. The molecule has 0 saturated heterocycles. The maximum Gasteiger partial charge on any atom is 0.244 e. The number of amides is 1. The van der Waals surface area contributed by atoms with Gasteiger partial charge in [0.15, 0.2) is 0 Å². The van der Waals surface area contributed by atoms with Crippen LogP contribution in [0.15, 0.2) is 42.7 Å². The van der Waals surface area contributed by atoms with Crippen LogP contribution < -0.4 is 10.9 Å². The van der Waals surface area contributed by atoms with E-state index in [1.54, 1.807) is 29.1 Å². The van der Waals surface area contributed by atoms with Gasteiger partial charge in [0.2, 0.25) is 5.91 Å². The molecular weight excluding hydrogens is 363 g/mol. The molecule has 0 spiro atoms. The zero-order valence-electron chi connectivity index (χ0n) is 13.2. The lowest BCUT2D eigenvalue weighted by atomic mass is 10.2. The normalized spacial score (nSPS) is 10.5. The number of hydrogen-bond acceptors (Lipinski definition) is 5. The van der Waals surface area contributed by atoms with Gasteiger partial charge in [-0.1, -0.05) is 34.5 Å². The summed E-state index contributed by atoms with van der Waals surface area (Å²) in [7, 11) is 0. The van der Waals surface area contributed by atoms with E-state index in [2.05, 4.69) is 26.1 Å². The number of nitrogens with zero attached hydrogens (tertiary/aromatic N) is 4. The van der Waals surface area contributed by atoms with Crippen LogP contribution in [0, 0.1) is 6.92 Å². The van der Waals surface area contributed by atoms with Crippen molar-refractivity contribution < 1.29 is 4.79 Å². The Bertz CT molecular complexity index is 911. The van der Waals surface area contributed by atoms with E-state index >= 15 is 0 Å². The van der Waals surface area contributed by atoms with Gasteiger partial charge in [0.25, 0.3) is 0 Å². The lowest BCUT2D eigenvalue weighted by Gasteiger charge is -2.09. The van der Waals surface area contributed by atoms with Crippen LogP contribution in [-0.4, -0.2) is 25.9 Å². The molecule has 25 heavy (non-hydrogen) atoms. The van der Waals surface area contributed by atoms with Gasteiger partial charge in [0.1, 0.15) is 0 Å². The lowest BCUT2D eigenvalue weighted by molar-refractivity contribution is -0.120. The minimum Gasteiger partial charge on any atom is -0.297 e. The highest BCUT2D eigenvalue weighted by Gasteiger charge is 2.14. The van der Waals surface area contributed by atoms with Crippen LogP contribution in [0.25, 0.3) is 5.69 Å². The van der Waals surface area contributed by atoms with Gasteiger partial charge in [-0.3, -0.25) is 20.6 Å². The highest BCUT2D eigenvalue weighted by Crippen LogP contribution is 2.18. The SMILES string of the molecule is Cc1c(CC(=O)NNc2ccncc2Cl)nnn1-c1cccc(Cl)c1. The predicted octanol–water partition coefficient (Wildman–Crippen LogP) is 2.96. The summed E-state index contributed by atoms with van der Waals surface area (Å²) in [5.41, 5.74) is 8.00. The molecule has 7 nitrogen and oxygen atoms in total. The Kier molecular flexibility index (Phi) is 5.16. The first-order valence-electron chi connectivity index (χ1n) is 7.36. The van der Waals surface area contributed by atoms with Crippen molar-refractivity contribution in [3.05, 3.63) is 64.2 Å². The van der Waals surface area contributed by atoms with Crippen molar-refractivity contribution in [1.29, 1.82) is 0 Å². The van der Waals surface area contributed by atoms with Crippen molar-refractivity contribution in [2.45, 2.75) is 13.3 Å².